The van der Waals surface area contributed by atoms with Crippen LogP contribution in [0.4, 0.5) is 5.69 Å². The third kappa shape index (κ3) is 4.30. The molecule has 1 rings (SSSR count). The summed E-state index contributed by atoms with van der Waals surface area (Å²) >= 11 is 9.44. The summed E-state index contributed by atoms with van der Waals surface area (Å²) < 4.78 is 0.949. The monoisotopic (exact) mass is 304 g/mol. The van der Waals surface area contributed by atoms with Crippen LogP contribution in [0.1, 0.15) is 39.5 Å². The van der Waals surface area contributed by atoms with Gasteiger partial charge >= 0.3 is 0 Å². The van der Waals surface area contributed by atoms with Crippen molar-refractivity contribution >= 4 is 33.2 Å². The number of rotatable bonds is 6. The Morgan fingerprint density at radius 3 is 2.88 bits per heavy atom. The maximum absolute atomic E-state index is 6.04. The molecule has 1 N–H and O–H groups in total. The Morgan fingerprint density at radius 1 is 1.50 bits per heavy atom. The zero-order valence-electron chi connectivity index (χ0n) is 9.76. The van der Waals surface area contributed by atoms with E-state index in [1.165, 1.54) is 19.3 Å². The van der Waals surface area contributed by atoms with Crippen molar-refractivity contribution in [2.75, 3.05) is 5.32 Å². The molecular formula is C12H18BrClN2. The highest BCUT2D eigenvalue weighted by Crippen LogP contribution is 2.24. The highest BCUT2D eigenvalue weighted by atomic mass is 79.9. The van der Waals surface area contributed by atoms with Crippen LogP contribution in [0.2, 0.25) is 5.15 Å². The molecule has 0 aliphatic heterocycles. The van der Waals surface area contributed by atoms with Crippen LogP contribution < -0.4 is 5.32 Å². The fourth-order valence-electron chi connectivity index (χ4n) is 1.57. The summed E-state index contributed by atoms with van der Waals surface area (Å²) in [6, 6.07) is 2.46. The minimum Gasteiger partial charge on any atom is -0.380 e. The first-order valence-corrected chi connectivity index (χ1v) is 6.92. The second-order valence-electron chi connectivity index (χ2n) is 3.88. The number of nitrogens with one attached hydrogen (secondary N) is 1. The van der Waals surface area contributed by atoms with Gasteiger partial charge in [-0.15, -0.1) is 0 Å². The number of unbranched alkanes of at least 4 members (excludes halogenated alkanes) is 1. The minimum atomic E-state index is 0.480. The van der Waals surface area contributed by atoms with Gasteiger partial charge < -0.3 is 5.32 Å². The summed E-state index contributed by atoms with van der Waals surface area (Å²) in [6.45, 7) is 4.40. The Balaban J connectivity index is 2.65. The average molecular weight is 306 g/mol. The molecule has 16 heavy (non-hydrogen) atoms. The van der Waals surface area contributed by atoms with Crippen LogP contribution in [0.25, 0.3) is 0 Å². The van der Waals surface area contributed by atoms with Gasteiger partial charge in [0.1, 0.15) is 0 Å². The molecule has 1 atom stereocenters. The molecule has 0 saturated heterocycles. The van der Waals surface area contributed by atoms with Crippen LogP contribution in [0.5, 0.6) is 0 Å². The largest absolute Gasteiger partial charge is 0.380 e. The Bertz CT molecular complexity index is 331. The van der Waals surface area contributed by atoms with E-state index in [0.29, 0.717) is 11.2 Å². The van der Waals surface area contributed by atoms with Crippen LogP contribution in [-0.2, 0) is 0 Å². The predicted molar refractivity (Wildman–Crippen MR) is 74.2 cm³/mol. The predicted octanol–water partition coefficient (Wildman–Crippen LogP) is 4.88. The van der Waals surface area contributed by atoms with E-state index in [-0.39, 0.29) is 0 Å². The first-order chi connectivity index (χ1) is 7.67. The molecule has 0 aliphatic rings. The molecule has 1 heterocycles. The molecule has 0 aliphatic carbocycles. The normalized spacial score (nSPS) is 12.5. The van der Waals surface area contributed by atoms with Crippen LogP contribution in [0.15, 0.2) is 16.7 Å². The van der Waals surface area contributed by atoms with E-state index in [1.807, 2.05) is 6.07 Å². The van der Waals surface area contributed by atoms with E-state index in [0.717, 1.165) is 16.6 Å². The van der Waals surface area contributed by atoms with Crippen molar-refractivity contribution in [3.63, 3.8) is 0 Å². The van der Waals surface area contributed by atoms with E-state index >= 15 is 0 Å². The number of aromatic nitrogens is 1. The standard InChI is InChI=1S/C12H18BrClN2/c1-3-5-6-10(4-2)16-11-7-9(13)8-15-12(11)14/h7-8,10,16H,3-6H2,1-2H3. The summed E-state index contributed by atoms with van der Waals surface area (Å²) in [5, 5.41) is 3.99. The minimum absolute atomic E-state index is 0.480. The molecule has 0 bridgehead atoms. The van der Waals surface area contributed by atoms with Crippen molar-refractivity contribution in [2.24, 2.45) is 0 Å². The molecule has 4 heteroatoms. The molecule has 0 radical (unpaired) electrons. The molecule has 0 fully saturated rings. The Kier molecular flexibility index (Phi) is 6.14. The van der Waals surface area contributed by atoms with Gasteiger partial charge in [0.2, 0.25) is 0 Å². The third-order valence-corrected chi connectivity index (χ3v) is 3.30. The van der Waals surface area contributed by atoms with Gasteiger partial charge in [-0.3, -0.25) is 0 Å². The second kappa shape index (κ2) is 7.13. The van der Waals surface area contributed by atoms with Gasteiger partial charge in [-0.05, 0) is 34.8 Å². The fourth-order valence-corrected chi connectivity index (χ4v) is 2.06. The number of hydrogen-bond donors (Lipinski definition) is 1. The van der Waals surface area contributed by atoms with Crippen LogP contribution >= 0.6 is 27.5 Å². The first-order valence-electron chi connectivity index (χ1n) is 5.75. The van der Waals surface area contributed by atoms with Crippen molar-refractivity contribution in [1.29, 1.82) is 0 Å². The Hall–Kier alpha value is -0.280. The van der Waals surface area contributed by atoms with Gasteiger partial charge in [0.05, 0.1) is 5.69 Å². The van der Waals surface area contributed by atoms with E-state index in [2.05, 4.69) is 40.1 Å². The number of pyridine rings is 1. The lowest BCUT2D eigenvalue weighted by molar-refractivity contribution is 0.593. The van der Waals surface area contributed by atoms with Crippen LogP contribution in [0, 0.1) is 0 Å². The molecule has 0 saturated carbocycles. The molecule has 0 amide bonds. The lowest BCUT2D eigenvalue weighted by Gasteiger charge is -2.18. The lowest BCUT2D eigenvalue weighted by Crippen LogP contribution is -2.18. The number of hydrogen-bond acceptors (Lipinski definition) is 2. The average Bonchev–Trinajstić information content (AvgIpc) is 2.28. The third-order valence-electron chi connectivity index (χ3n) is 2.56. The van der Waals surface area contributed by atoms with Gasteiger partial charge in [-0.25, -0.2) is 4.98 Å². The summed E-state index contributed by atoms with van der Waals surface area (Å²) in [5.41, 5.74) is 0.916. The van der Waals surface area contributed by atoms with Crippen LogP contribution in [0.3, 0.4) is 0 Å². The van der Waals surface area contributed by atoms with Crippen molar-refractivity contribution in [3.8, 4) is 0 Å². The highest BCUT2D eigenvalue weighted by molar-refractivity contribution is 9.10. The van der Waals surface area contributed by atoms with Gasteiger partial charge in [-0.2, -0.15) is 0 Å². The van der Waals surface area contributed by atoms with E-state index < -0.39 is 0 Å². The van der Waals surface area contributed by atoms with E-state index in [1.54, 1.807) is 6.20 Å². The van der Waals surface area contributed by atoms with Crippen molar-refractivity contribution in [3.05, 3.63) is 21.9 Å². The topological polar surface area (TPSA) is 24.9 Å². The maximum Gasteiger partial charge on any atom is 0.152 e. The van der Waals surface area contributed by atoms with Crippen molar-refractivity contribution in [2.45, 2.75) is 45.6 Å². The highest BCUT2D eigenvalue weighted by Gasteiger charge is 2.09. The smallest absolute Gasteiger partial charge is 0.152 e. The van der Waals surface area contributed by atoms with E-state index in [4.69, 9.17) is 11.6 Å². The number of halogens is 2. The van der Waals surface area contributed by atoms with Gasteiger partial charge in [0, 0.05) is 16.7 Å². The van der Waals surface area contributed by atoms with Crippen molar-refractivity contribution in [1.82, 2.24) is 4.98 Å². The first kappa shape index (κ1) is 13.8. The zero-order valence-corrected chi connectivity index (χ0v) is 12.1. The number of anilines is 1. The molecule has 1 aromatic heterocycles. The Morgan fingerprint density at radius 2 is 2.25 bits per heavy atom. The fraction of sp³-hybridized carbons (Fsp3) is 0.583. The molecule has 0 spiro atoms. The number of nitrogens with zero attached hydrogens (tertiary/aromatic N) is 1. The molecule has 0 aromatic carbocycles. The molecule has 2 nitrogen and oxygen atoms in total. The van der Waals surface area contributed by atoms with Gasteiger partial charge in [0.15, 0.2) is 5.15 Å². The summed E-state index contributed by atoms with van der Waals surface area (Å²) in [6.07, 6.45) is 6.45. The van der Waals surface area contributed by atoms with Crippen molar-refractivity contribution < 1.29 is 0 Å². The maximum atomic E-state index is 6.04. The molecular weight excluding hydrogens is 288 g/mol. The summed E-state index contributed by atoms with van der Waals surface area (Å²) in [7, 11) is 0. The molecule has 1 unspecified atom stereocenters. The second-order valence-corrected chi connectivity index (χ2v) is 5.16. The summed E-state index contributed by atoms with van der Waals surface area (Å²) in [5.74, 6) is 0. The Labute approximate surface area is 111 Å². The SMILES string of the molecule is CCCCC(CC)Nc1cc(Br)cnc1Cl. The van der Waals surface area contributed by atoms with Gasteiger partial charge in [0.25, 0.3) is 0 Å². The quantitative estimate of drug-likeness (QED) is 0.758. The molecule has 90 valence electrons. The summed E-state index contributed by atoms with van der Waals surface area (Å²) in [4.78, 5) is 4.10. The van der Waals surface area contributed by atoms with Gasteiger partial charge in [-0.1, -0.05) is 38.3 Å². The van der Waals surface area contributed by atoms with E-state index in [9.17, 15) is 0 Å². The zero-order chi connectivity index (χ0) is 12.0. The van der Waals surface area contributed by atoms with Crippen LogP contribution in [-0.4, -0.2) is 11.0 Å². The lowest BCUT2D eigenvalue weighted by atomic mass is 10.1. The molecule has 1 aromatic rings.